The molecule has 0 bridgehead atoms. The van der Waals surface area contributed by atoms with Crippen LogP contribution in [-0.4, -0.2) is 25.1 Å². The highest BCUT2D eigenvalue weighted by Crippen LogP contribution is 2.41. The van der Waals surface area contributed by atoms with Gasteiger partial charge in [0.25, 0.3) is 5.91 Å². The molecule has 3 aromatic carbocycles. The number of nitrogens with zero attached hydrogens (tertiary/aromatic N) is 1. The van der Waals surface area contributed by atoms with E-state index in [1.807, 2.05) is 24.3 Å². The van der Waals surface area contributed by atoms with E-state index in [0.717, 1.165) is 19.3 Å². The van der Waals surface area contributed by atoms with Crippen molar-refractivity contribution in [3.8, 4) is 5.75 Å². The molecule has 1 atom stereocenters. The maximum absolute atomic E-state index is 13.8. The summed E-state index contributed by atoms with van der Waals surface area (Å²) in [7, 11) is 0. The first-order valence-electron chi connectivity index (χ1n) is 13.0. The summed E-state index contributed by atoms with van der Waals surface area (Å²) >= 11 is 6.18. The zero-order valence-electron chi connectivity index (χ0n) is 21.7. The van der Waals surface area contributed by atoms with E-state index in [2.05, 4.69) is 6.92 Å². The summed E-state index contributed by atoms with van der Waals surface area (Å²) in [6, 6.07) is 17.9. The van der Waals surface area contributed by atoms with Gasteiger partial charge in [0.05, 0.1) is 35.8 Å². The van der Waals surface area contributed by atoms with Crippen molar-refractivity contribution >= 4 is 40.1 Å². The van der Waals surface area contributed by atoms with Crippen LogP contribution in [0.4, 0.5) is 5.69 Å². The van der Waals surface area contributed by atoms with Crippen molar-refractivity contribution in [1.82, 2.24) is 0 Å². The second-order valence-corrected chi connectivity index (χ2v) is 9.72. The third kappa shape index (κ3) is 5.14. The first-order chi connectivity index (χ1) is 18.9. The van der Waals surface area contributed by atoms with E-state index in [1.165, 1.54) is 4.90 Å². The number of rotatable bonds is 9. The SMILES string of the molecule is CCCCCOc1ccc(C2c3c(oc4ccc(Cl)cc4c3=O)C(=O)N2c2ccc(C(=O)OCC)cc2)cc1. The van der Waals surface area contributed by atoms with E-state index in [0.29, 0.717) is 39.6 Å². The Morgan fingerprint density at radius 3 is 2.41 bits per heavy atom. The summed E-state index contributed by atoms with van der Waals surface area (Å²) < 4.78 is 16.9. The summed E-state index contributed by atoms with van der Waals surface area (Å²) in [5.74, 6) is -0.213. The molecule has 5 rings (SSSR count). The van der Waals surface area contributed by atoms with Crippen LogP contribution in [0.1, 0.15) is 71.2 Å². The second-order valence-electron chi connectivity index (χ2n) is 9.28. The number of hydrogen-bond donors (Lipinski definition) is 0. The molecule has 0 N–H and O–H groups in total. The van der Waals surface area contributed by atoms with E-state index < -0.39 is 17.9 Å². The molecular weight excluding hydrogens is 518 g/mol. The van der Waals surface area contributed by atoms with Gasteiger partial charge < -0.3 is 13.9 Å². The predicted molar refractivity (Wildman–Crippen MR) is 150 cm³/mol. The van der Waals surface area contributed by atoms with Gasteiger partial charge in [-0.15, -0.1) is 0 Å². The normalized spacial score (nSPS) is 14.5. The summed E-state index contributed by atoms with van der Waals surface area (Å²) in [5, 5.41) is 0.695. The average molecular weight is 546 g/mol. The minimum absolute atomic E-state index is 0.0193. The number of carbonyl (C=O) groups is 2. The van der Waals surface area contributed by atoms with Crippen molar-refractivity contribution in [2.24, 2.45) is 0 Å². The number of hydrogen-bond acceptors (Lipinski definition) is 6. The van der Waals surface area contributed by atoms with E-state index in [4.69, 9.17) is 25.5 Å². The van der Waals surface area contributed by atoms with Gasteiger partial charge in [-0.05, 0) is 73.5 Å². The molecule has 0 radical (unpaired) electrons. The number of benzene rings is 3. The van der Waals surface area contributed by atoms with Crippen molar-refractivity contribution in [3.63, 3.8) is 0 Å². The van der Waals surface area contributed by atoms with Gasteiger partial charge in [-0.2, -0.15) is 0 Å². The van der Waals surface area contributed by atoms with E-state index in [9.17, 15) is 14.4 Å². The Balaban J connectivity index is 1.59. The average Bonchev–Trinajstić information content (AvgIpc) is 3.24. The van der Waals surface area contributed by atoms with E-state index >= 15 is 0 Å². The molecule has 0 aliphatic carbocycles. The van der Waals surface area contributed by atoms with Crippen molar-refractivity contribution in [2.45, 2.75) is 39.2 Å². The molecule has 1 aromatic heterocycles. The smallest absolute Gasteiger partial charge is 0.338 e. The van der Waals surface area contributed by atoms with Gasteiger partial charge >= 0.3 is 5.97 Å². The molecule has 7 nitrogen and oxygen atoms in total. The van der Waals surface area contributed by atoms with Gasteiger partial charge in [-0.1, -0.05) is 43.5 Å². The van der Waals surface area contributed by atoms with Gasteiger partial charge in [0, 0.05) is 10.7 Å². The molecule has 1 unspecified atom stereocenters. The third-order valence-corrected chi connectivity index (χ3v) is 6.94. The molecule has 4 aromatic rings. The number of amides is 1. The minimum atomic E-state index is -0.755. The van der Waals surface area contributed by atoms with Crippen LogP contribution in [0.5, 0.6) is 5.75 Å². The number of esters is 1. The summed E-state index contributed by atoms with van der Waals surface area (Å²) in [5.41, 5.74) is 1.78. The molecular formula is C31H28ClNO6. The van der Waals surface area contributed by atoms with Crippen LogP contribution < -0.4 is 15.1 Å². The largest absolute Gasteiger partial charge is 0.494 e. The van der Waals surface area contributed by atoms with Crippen molar-refractivity contribution in [3.05, 3.63) is 104 Å². The van der Waals surface area contributed by atoms with Crippen molar-refractivity contribution in [2.75, 3.05) is 18.1 Å². The van der Waals surface area contributed by atoms with Gasteiger partial charge in [0.15, 0.2) is 5.43 Å². The Kier molecular flexibility index (Phi) is 7.70. The molecule has 0 spiro atoms. The molecule has 39 heavy (non-hydrogen) atoms. The van der Waals surface area contributed by atoms with Crippen molar-refractivity contribution < 1.29 is 23.5 Å². The highest BCUT2D eigenvalue weighted by molar-refractivity contribution is 6.31. The molecule has 1 aliphatic rings. The maximum atomic E-state index is 13.8. The van der Waals surface area contributed by atoms with Crippen LogP contribution in [0, 0.1) is 0 Å². The Labute approximate surface area is 230 Å². The number of carbonyl (C=O) groups excluding carboxylic acids is 2. The lowest BCUT2D eigenvalue weighted by molar-refractivity contribution is 0.0526. The highest BCUT2D eigenvalue weighted by atomic mass is 35.5. The topological polar surface area (TPSA) is 86.0 Å². The van der Waals surface area contributed by atoms with Crippen LogP contribution in [-0.2, 0) is 4.74 Å². The zero-order chi connectivity index (χ0) is 27.5. The summed E-state index contributed by atoms with van der Waals surface area (Å²) in [4.78, 5) is 41.3. The second kappa shape index (κ2) is 11.3. The van der Waals surface area contributed by atoms with Crippen LogP contribution >= 0.6 is 11.6 Å². The fourth-order valence-corrected chi connectivity index (χ4v) is 4.96. The predicted octanol–water partition coefficient (Wildman–Crippen LogP) is 6.94. The number of ether oxygens (including phenoxy) is 2. The van der Waals surface area contributed by atoms with Crippen LogP contribution in [0.2, 0.25) is 5.02 Å². The molecule has 0 fully saturated rings. The van der Waals surface area contributed by atoms with E-state index in [-0.39, 0.29) is 28.9 Å². The Bertz CT molecular complexity index is 1580. The fourth-order valence-electron chi connectivity index (χ4n) is 4.79. The molecule has 1 aliphatic heterocycles. The minimum Gasteiger partial charge on any atom is -0.494 e. The molecule has 2 heterocycles. The molecule has 0 saturated carbocycles. The monoisotopic (exact) mass is 545 g/mol. The zero-order valence-corrected chi connectivity index (χ0v) is 22.5. The standard InChI is InChI=1S/C31H28ClNO6/c1-3-5-6-17-38-23-14-9-19(10-15-23)27-26-28(34)24-18-21(32)11-16-25(24)39-29(26)30(35)33(27)22-12-7-20(8-13-22)31(36)37-4-2/h7-16,18,27H,3-6,17H2,1-2H3. The summed E-state index contributed by atoms with van der Waals surface area (Å²) in [6.07, 6.45) is 3.17. The van der Waals surface area contributed by atoms with Gasteiger partial charge in [-0.3, -0.25) is 14.5 Å². The first-order valence-corrected chi connectivity index (χ1v) is 13.4. The lowest BCUT2D eigenvalue weighted by Crippen LogP contribution is -2.29. The highest BCUT2D eigenvalue weighted by Gasteiger charge is 2.43. The quantitative estimate of drug-likeness (QED) is 0.167. The number of unbranched alkanes of at least 4 members (excludes halogenated alkanes) is 2. The Morgan fingerprint density at radius 2 is 1.72 bits per heavy atom. The summed E-state index contributed by atoms with van der Waals surface area (Å²) in [6.45, 7) is 4.75. The number of halogens is 1. The van der Waals surface area contributed by atoms with Gasteiger partial charge in [0.2, 0.25) is 5.76 Å². The third-order valence-electron chi connectivity index (χ3n) is 6.70. The lowest BCUT2D eigenvalue weighted by atomic mass is 9.98. The molecule has 200 valence electrons. The maximum Gasteiger partial charge on any atom is 0.338 e. The first kappa shape index (κ1) is 26.5. The molecule has 0 saturated heterocycles. The Hall–Kier alpha value is -4.10. The van der Waals surface area contributed by atoms with E-state index in [1.54, 1.807) is 49.4 Å². The van der Waals surface area contributed by atoms with Crippen LogP contribution in [0.3, 0.4) is 0 Å². The molecule has 1 amide bonds. The lowest BCUT2D eigenvalue weighted by Gasteiger charge is -2.25. The fraction of sp³-hybridized carbons (Fsp3) is 0.258. The van der Waals surface area contributed by atoms with Gasteiger partial charge in [0.1, 0.15) is 11.3 Å². The van der Waals surface area contributed by atoms with Crippen LogP contribution in [0.25, 0.3) is 11.0 Å². The van der Waals surface area contributed by atoms with Gasteiger partial charge in [-0.25, -0.2) is 4.79 Å². The van der Waals surface area contributed by atoms with Crippen LogP contribution in [0.15, 0.2) is 75.9 Å². The van der Waals surface area contributed by atoms with Crippen molar-refractivity contribution in [1.29, 1.82) is 0 Å². The molecule has 8 heteroatoms. The Morgan fingerprint density at radius 1 is 0.974 bits per heavy atom. The number of anilines is 1. The number of fused-ring (bicyclic) bond motifs is 2.